The Hall–Kier alpha value is -3.55. The molecule has 1 fully saturated rings. The average Bonchev–Trinajstić information content (AvgIpc) is 3.53. The molecule has 32 heavy (non-hydrogen) atoms. The number of amides is 1. The van der Waals surface area contributed by atoms with Crippen molar-refractivity contribution in [1.82, 2.24) is 30.2 Å². The van der Waals surface area contributed by atoms with Crippen LogP contribution in [0.15, 0.2) is 47.1 Å². The molecule has 0 aliphatic heterocycles. The molecular weight excluding hydrogens is 404 g/mol. The molecule has 0 atom stereocenters. The Labute approximate surface area is 186 Å². The van der Waals surface area contributed by atoms with Crippen molar-refractivity contribution in [2.45, 2.75) is 58.0 Å². The van der Waals surface area contributed by atoms with Crippen molar-refractivity contribution in [2.24, 2.45) is 0 Å². The second-order valence-corrected chi connectivity index (χ2v) is 8.72. The minimum atomic E-state index is -0.620. The van der Waals surface area contributed by atoms with Gasteiger partial charge in [0.05, 0.1) is 22.8 Å². The second-order valence-electron chi connectivity index (χ2n) is 8.72. The Morgan fingerprint density at radius 3 is 2.56 bits per heavy atom. The minimum Gasteiger partial charge on any atom is -0.340 e. The van der Waals surface area contributed by atoms with E-state index >= 15 is 0 Å². The van der Waals surface area contributed by atoms with Gasteiger partial charge in [-0.1, -0.05) is 48.3 Å². The first-order valence-corrected chi connectivity index (χ1v) is 11.0. The molecule has 1 aliphatic rings. The summed E-state index contributed by atoms with van der Waals surface area (Å²) >= 11 is 0. The van der Waals surface area contributed by atoms with Crippen LogP contribution in [0.2, 0.25) is 0 Å². The number of nitrogens with zero attached hydrogens (tertiary/aromatic N) is 5. The maximum Gasteiger partial charge on any atom is 0.252 e. The molecule has 0 bridgehead atoms. The Kier molecular flexibility index (Phi) is 5.00. The monoisotopic (exact) mass is 430 g/mol. The van der Waals surface area contributed by atoms with Crippen LogP contribution in [0.5, 0.6) is 0 Å². The number of benzene rings is 1. The normalized spacial score (nSPS) is 15.5. The molecule has 1 aliphatic carbocycles. The van der Waals surface area contributed by atoms with Crippen LogP contribution in [0, 0.1) is 6.92 Å². The highest BCUT2D eigenvalue weighted by Gasteiger charge is 2.41. The maximum absolute atomic E-state index is 13.7. The quantitative estimate of drug-likeness (QED) is 0.498. The highest BCUT2D eigenvalue weighted by molar-refractivity contribution is 6.06. The highest BCUT2D eigenvalue weighted by Crippen LogP contribution is 2.38. The standard InChI is InChI=1S/C24H26N6O2/c1-15(2)30-21-19(14-25-30)18(13-20(27-21)17-9-5-4-6-10-17)22(31)28-24(11-7-8-12-24)23-26-16(3)32-29-23/h4-6,9-10,13-15H,7-8,11-12H2,1-3H3,(H,28,31). The topological polar surface area (TPSA) is 98.7 Å². The number of aryl methyl sites for hydroxylation is 1. The van der Waals surface area contributed by atoms with Crippen LogP contribution in [-0.2, 0) is 5.54 Å². The van der Waals surface area contributed by atoms with Crippen molar-refractivity contribution < 1.29 is 9.32 Å². The molecule has 3 heterocycles. The zero-order valence-electron chi connectivity index (χ0n) is 18.5. The summed E-state index contributed by atoms with van der Waals surface area (Å²) in [7, 11) is 0. The lowest BCUT2D eigenvalue weighted by atomic mass is 9.95. The second kappa shape index (κ2) is 7.85. The van der Waals surface area contributed by atoms with Crippen LogP contribution >= 0.6 is 0 Å². The summed E-state index contributed by atoms with van der Waals surface area (Å²) in [6.07, 6.45) is 5.29. The lowest BCUT2D eigenvalue weighted by Gasteiger charge is -2.27. The van der Waals surface area contributed by atoms with Crippen molar-refractivity contribution in [3.05, 3.63) is 59.9 Å². The Morgan fingerprint density at radius 1 is 1.16 bits per heavy atom. The molecule has 0 spiro atoms. The molecule has 0 unspecified atom stereocenters. The number of hydrogen-bond donors (Lipinski definition) is 1. The third-order valence-electron chi connectivity index (χ3n) is 6.14. The van der Waals surface area contributed by atoms with Gasteiger partial charge in [-0.3, -0.25) is 4.79 Å². The van der Waals surface area contributed by atoms with Crippen LogP contribution in [0.1, 0.15) is 67.6 Å². The third-order valence-corrected chi connectivity index (χ3v) is 6.14. The molecule has 3 aromatic heterocycles. The van der Waals surface area contributed by atoms with E-state index in [2.05, 4.69) is 34.4 Å². The van der Waals surface area contributed by atoms with E-state index in [1.165, 1.54) is 0 Å². The summed E-state index contributed by atoms with van der Waals surface area (Å²) < 4.78 is 7.08. The minimum absolute atomic E-state index is 0.116. The average molecular weight is 431 g/mol. The van der Waals surface area contributed by atoms with Crippen molar-refractivity contribution in [2.75, 3.05) is 0 Å². The molecule has 0 saturated heterocycles. The molecular formula is C24H26N6O2. The maximum atomic E-state index is 13.7. The van der Waals surface area contributed by atoms with Crippen LogP contribution in [0.25, 0.3) is 22.3 Å². The van der Waals surface area contributed by atoms with Gasteiger partial charge < -0.3 is 9.84 Å². The molecule has 164 valence electrons. The first-order valence-electron chi connectivity index (χ1n) is 11.0. The summed E-state index contributed by atoms with van der Waals surface area (Å²) in [5, 5.41) is 12.6. The van der Waals surface area contributed by atoms with E-state index in [0.29, 0.717) is 22.9 Å². The van der Waals surface area contributed by atoms with Gasteiger partial charge >= 0.3 is 0 Å². The van der Waals surface area contributed by atoms with E-state index in [1.54, 1.807) is 13.1 Å². The molecule has 8 heteroatoms. The Bertz CT molecular complexity index is 1270. The number of nitrogens with one attached hydrogen (secondary N) is 1. The smallest absolute Gasteiger partial charge is 0.252 e. The summed E-state index contributed by atoms with van der Waals surface area (Å²) in [6.45, 7) is 5.87. The predicted octanol–water partition coefficient (Wildman–Crippen LogP) is 4.57. The van der Waals surface area contributed by atoms with Gasteiger partial charge in [0.15, 0.2) is 11.5 Å². The summed E-state index contributed by atoms with van der Waals surface area (Å²) in [5.74, 6) is 0.867. The molecule has 8 nitrogen and oxygen atoms in total. The van der Waals surface area contributed by atoms with E-state index in [9.17, 15) is 4.79 Å². The fourth-order valence-electron chi connectivity index (χ4n) is 4.50. The molecule has 4 aromatic rings. The van der Waals surface area contributed by atoms with E-state index < -0.39 is 5.54 Å². The van der Waals surface area contributed by atoms with E-state index in [4.69, 9.17) is 9.51 Å². The first kappa shape index (κ1) is 20.4. The number of aromatic nitrogens is 5. The molecule has 0 radical (unpaired) electrons. The summed E-state index contributed by atoms with van der Waals surface area (Å²) in [6, 6.07) is 11.8. The van der Waals surface area contributed by atoms with Crippen LogP contribution in [0.3, 0.4) is 0 Å². The Morgan fingerprint density at radius 2 is 1.91 bits per heavy atom. The van der Waals surface area contributed by atoms with Crippen molar-refractivity contribution in [3.8, 4) is 11.3 Å². The van der Waals surface area contributed by atoms with Gasteiger partial charge in [0, 0.05) is 18.5 Å². The van der Waals surface area contributed by atoms with Crippen LogP contribution in [0.4, 0.5) is 0 Å². The van der Waals surface area contributed by atoms with Gasteiger partial charge in [-0.05, 0) is 32.8 Å². The zero-order valence-corrected chi connectivity index (χ0v) is 18.5. The largest absolute Gasteiger partial charge is 0.340 e. The van der Waals surface area contributed by atoms with Crippen LogP contribution < -0.4 is 5.32 Å². The predicted molar refractivity (Wildman–Crippen MR) is 120 cm³/mol. The SMILES string of the molecule is Cc1nc(C2(NC(=O)c3cc(-c4ccccc4)nc4c3cnn4C(C)C)CCCC2)no1. The van der Waals surface area contributed by atoms with Crippen molar-refractivity contribution >= 4 is 16.9 Å². The molecule has 1 N–H and O–H groups in total. The molecule has 1 aromatic carbocycles. The van der Waals surface area contributed by atoms with Crippen LogP contribution in [-0.4, -0.2) is 30.8 Å². The Balaban J connectivity index is 1.61. The van der Waals surface area contributed by atoms with Crippen molar-refractivity contribution in [3.63, 3.8) is 0 Å². The number of pyridine rings is 1. The van der Waals surface area contributed by atoms with Gasteiger partial charge in [0.1, 0.15) is 5.54 Å². The van der Waals surface area contributed by atoms with Gasteiger partial charge in [0.2, 0.25) is 5.89 Å². The lowest BCUT2D eigenvalue weighted by molar-refractivity contribution is 0.0893. The van der Waals surface area contributed by atoms with Gasteiger partial charge in [-0.15, -0.1) is 0 Å². The highest BCUT2D eigenvalue weighted by atomic mass is 16.5. The third kappa shape index (κ3) is 3.45. The van der Waals surface area contributed by atoms with E-state index in [0.717, 1.165) is 42.3 Å². The van der Waals surface area contributed by atoms with Crippen molar-refractivity contribution in [1.29, 1.82) is 0 Å². The number of rotatable bonds is 5. The van der Waals surface area contributed by atoms with E-state index in [-0.39, 0.29) is 11.9 Å². The number of hydrogen-bond acceptors (Lipinski definition) is 6. The lowest BCUT2D eigenvalue weighted by Crippen LogP contribution is -2.44. The number of carbonyl (C=O) groups excluding carboxylic acids is 1. The summed E-state index contributed by atoms with van der Waals surface area (Å²) in [5.41, 5.74) is 2.31. The van der Waals surface area contributed by atoms with E-state index in [1.807, 2.05) is 41.1 Å². The molecule has 5 rings (SSSR count). The van der Waals surface area contributed by atoms with Gasteiger partial charge in [-0.25, -0.2) is 9.67 Å². The number of fused-ring (bicyclic) bond motifs is 1. The fraction of sp³-hybridized carbons (Fsp3) is 0.375. The fourth-order valence-corrected chi connectivity index (χ4v) is 4.50. The zero-order chi connectivity index (χ0) is 22.3. The van der Waals surface area contributed by atoms with Gasteiger partial charge in [0.25, 0.3) is 5.91 Å². The molecule has 1 amide bonds. The van der Waals surface area contributed by atoms with Gasteiger partial charge in [-0.2, -0.15) is 10.1 Å². The number of carbonyl (C=O) groups is 1. The summed E-state index contributed by atoms with van der Waals surface area (Å²) in [4.78, 5) is 23.0. The molecule has 1 saturated carbocycles. The first-order chi connectivity index (χ1) is 15.5.